The summed E-state index contributed by atoms with van der Waals surface area (Å²) in [5.41, 5.74) is 0. The minimum atomic E-state index is 0.756. The molecule has 0 atom stereocenters. The molecule has 9 heavy (non-hydrogen) atoms. The maximum atomic E-state index is 9.94. The molecule has 0 aliphatic rings. The van der Waals surface area contributed by atoms with Crippen LogP contribution >= 0.6 is 0 Å². The van der Waals surface area contributed by atoms with Crippen LogP contribution in [0.25, 0.3) is 0 Å². The van der Waals surface area contributed by atoms with Crippen molar-refractivity contribution in [1.29, 1.82) is 0 Å². The van der Waals surface area contributed by atoms with Crippen molar-refractivity contribution < 1.29 is 4.79 Å². The average Bonchev–Trinajstić information content (AvgIpc) is 1.82. The molecule has 0 spiro atoms. The molecule has 0 bridgehead atoms. The molecule has 0 aliphatic heterocycles. The van der Waals surface area contributed by atoms with Crippen molar-refractivity contribution in [3.8, 4) is 0 Å². The predicted molar refractivity (Wildman–Crippen MR) is 36.9 cm³/mol. The molecule has 0 fully saturated rings. The zero-order valence-electron chi connectivity index (χ0n) is 6.01. The van der Waals surface area contributed by atoms with Crippen LogP contribution < -0.4 is 5.32 Å². The third-order valence-corrected chi connectivity index (χ3v) is 0.964. The fourth-order valence-corrected chi connectivity index (χ4v) is 0.520. The van der Waals surface area contributed by atoms with Crippen LogP contribution in [0.15, 0.2) is 11.9 Å². The minimum Gasteiger partial charge on any atom is -0.375 e. The van der Waals surface area contributed by atoms with Gasteiger partial charge in [-0.05, 0) is 0 Å². The van der Waals surface area contributed by atoms with Gasteiger partial charge in [0.1, 0.15) is 12.1 Å². The van der Waals surface area contributed by atoms with E-state index in [0.29, 0.717) is 0 Å². The number of carbonyl (C=O) groups is 1. The first-order chi connectivity index (χ1) is 4.22. The summed E-state index contributed by atoms with van der Waals surface area (Å²) in [6, 6.07) is 0. The van der Waals surface area contributed by atoms with E-state index < -0.39 is 0 Å². The number of rotatable bonds is 3. The normalized spacial score (nSPS) is 10.8. The van der Waals surface area contributed by atoms with Gasteiger partial charge in [0.15, 0.2) is 0 Å². The summed E-state index contributed by atoms with van der Waals surface area (Å²) >= 11 is 0. The van der Waals surface area contributed by atoms with Crippen LogP contribution in [0.4, 0.5) is 0 Å². The highest BCUT2D eigenvalue weighted by atomic mass is 16.1. The van der Waals surface area contributed by atoms with E-state index in [1.807, 2.05) is 19.0 Å². The Hall–Kier alpha value is -0.990. The first kappa shape index (κ1) is 8.01. The van der Waals surface area contributed by atoms with E-state index in [-0.39, 0.29) is 0 Å². The van der Waals surface area contributed by atoms with Crippen LogP contribution in [0.2, 0.25) is 0 Å². The molecule has 0 aromatic carbocycles. The Labute approximate surface area is 55.3 Å². The lowest BCUT2D eigenvalue weighted by molar-refractivity contribution is -0.104. The zero-order chi connectivity index (χ0) is 7.28. The smallest absolute Gasteiger partial charge is 0.146 e. The molecule has 0 saturated heterocycles. The lowest BCUT2D eigenvalue weighted by atomic mass is 10.5. The molecule has 0 heterocycles. The lowest BCUT2D eigenvalue weighted by Gasteiger charge is -2.14. The molecule has 0 aromatic heterocycles. The van der Waals surface area contributed by atoms with Gasteiger partial charge in [-0.15, -0.1) is 0 Å². The first-order valence-corrected chi connectivity index (χ1v) is 2.73. The molecule has 0 unspecified atom stereocenters. The van der Waals surface area contributed by atoms with Crippen molar-refractivity contribution in [2.24, 2.45) is 0 Å². The van der Waals surface area contributed by atoms with Gasteiger partial charge in [-0.25, -0.2) is 0 Å². The highest BCUT2D eigenvalue weighted by Crippen LogP contribution is 1.87. The van der Waals surface area contributed by atoms with Gasteiger partial charge in [0.25, 0.3) is 0 Å². The van der Waals surface area contributed by atoms with Crippen LogP contribution in [0.3, 0.4) is 0 Å². The van der Waals surface area contributed by atoms with Crippen molar-refractivity contribution in [1.82, 2.24) is 10.2 Å². The van der Waals surface area contributed by atoms with Crippen molar-refractivity contribution in [3.05, 3.63) is 11.9 Å². The third-order valence-electron chi connectivity index (χ3n) is 0.964. The maximum absolute atomic E-state index is 9.94. The maximum Gasteiger partial charge on any atom is 0.146 e. The Bertz CT molecular complexity index is 118. The second-order valence-corrected chi connectivity index (χ2v) is 1.83. The number of nitrogens with one attached hydrogen (secondary N) is 1. The molecule has 3 heteroatoms. The van der Waals surface area contributed by atoms with E-state index in [2.05, 4.69) is 5.32 Å². The van der Waals surface area contributed by atoms with E-state index in [9.17, 15) is 4.79 Å². The average molecular weight is 128 g/mol. The Kier molecular flexibility index (Phi) is 3.51. The molecule has 0 aromatic rings. The highest BCUT2D eigenvalue weighted by Gasteiger charge is 1.91. The zero-order valence-corrected chi connectivity index (χ0v) is 6.01. The number of aldehydes is 1. The van der Waals surface area contributed by atoms with Gasteiger partial charge in [0.05, 0.1) is 0 Å². The lowest BCUT2D eigenvalue weighted by Crippen LogP contribution is -2.22. The highest BCUT2D eigenvalue weighted by molar-refractivity contribution is 5.65. The van der Waals surface area contributed by atoms with Crippen LogP contribution in [-0.4, -0.2) is 32.3 Å². The molecule has 0 aliphatic carbocycles. The summed E-state index contributed by atoms with van der Waals surface area (Å²) in [6.07, 6.45) is 2.23. The van der Waals surface area contributed by atoms with Crippen molar-refractivity contribution in [2.45, 2.75) is 0 Å². The van der Waals surface area contributed by atoms with E-state index in [0.717, 1.165) is 12.1 Å². The van der Waals surface area contributed by atoms with Crippen LogP contribution in [0, 0.1) is 0 Å². The summed E-state index contributed by atoms with van der Waals surface area (Å²) in [6.45, 7) is 0. The molecule has 0 saturated carbocycles. The predicted octanol–water partition coefficient (Wildman–Crippen LogP) is -0.192. The summed E-state index contributed by atoms with van der Waals surface area (Å²) in [5, 5.41) is 2.86. The Morgan fingerprint density at radius 1 is 1.56 bits per heavy atom. The van der Waals surface area contributed by atoms with Crippen molar-refractivity contribution in [2.75, 3.05) is 21.1 Å². The van der Waals surface area contributed by atoms with E-state index in [1.54, 1.807) is 7.05 Å². The van der Waals surface area contributed by atoms with Gasteiger partial charge in [-0.3, -0.25) is 4.79 Å². The number of hydrogen-bond donors (Lipinski definition) is 1. The topological polar surface area (TPSA) is 32.3 Å². The second kappa shape index (κ2) is 3.95. The minimum absolute atomic E-state index is 0.756. The quantitative estimate of drug-likeness (QED) is 0.422. The Morgan fingerprint density at radius 3 is 2.22 bits per heavy atom. The van der Waals surface area contributed by atoms with E-state index in [4.69, 9.17) is 0 Å². The number of carbonyl (C=O) groups excluding carboxylic acids is 1. The molecular weight excluding hydrogens is 116 g/mol. The van der Waals surface area contributed by atoms with Gasteiger partial charge < -0.3 is 10.2 Å². The van der Waals surface area contributed by atoms with Gasteiger partial charge in [0, 0.05) is 27.2 Å². The number of hydrogen-bond acceptors (Lipinski definition) is 3. The van der Waals surface area contributed by atoms with Crippen LogP contribution in [-0.2, 0) is 4.79 Å². The molecule has 0 radical (unpaired) electrons. The van der Waals surface area contributed by atoms with Gasteiger partial charge in [-0.1, -0.05) is 0 Å². The first-order valence-electron chi connectivity index (χ1n) is 2.73. The van der Waals surface area contributed by atoms with E-state index in [1.165, 1.54) is 6.08 Å². The SMILES string of the molecule is CN/C(=C\C=O)N(C)C. The summed E-state index contributed by atoms with van der Waals surface area (Å²) in [5.74, 6) is 0.810. The number of nitrogens with zero attached hydrogens (tertiary/aromatic N) is 1. The Balaban J connectivity index is 3.96. The van der Waals surface area contributed by atoms with Crippen LogP contribution in [0.5, 0.6) is 0 Å². The van der Waals surface area contributed by atoms with Gasteiger partial charge in [-0.2, -0.15) is 0 Å². The fourth-order valence-electron chi connectivity index (χ4n) is 0.520. The standard InChI is InChI=1S/C6H12N2O/c1-7-6(4-5-9)8(2)3/h4-5,7H,1-3H3/b6-4+. The summed E-state index contributed by atoms with van der Waals surface area (Å²) in [4.78, 5) is 11.8. The van der Waals surface area contributed by atoms with Crippen LogP contribution in [0.1, 0.15) is 0 Å². The fraction of sp³-hybridized carbons (Fsp3) is 0.500. The van der Waals surface area contributed by atoms with Crippen molar-refractivity contribution >= 4 is 6.29 Å². The summed E-state index contributed by atoms with van der Waals surface area (Å²) < 4.78 is 0. The third kappa shape index (κ3) is 2.74. The Morgan fingerprint density at radius 2 is 2.11 bits per heavy atom. The van der Waals surface area contributed by atoms with Gasteiger partial charge in [0.2, 0.25) is 0 Å². The largest absolute Gasteiger partial charge is 0.375 e. The van der Waals surface area contributed by atoms with Gasteiger partial charge >= 0.3 is 0 Å². The molecule has 3 nitrogen and oxygen atoms in total. The van der Waals surface area contributed by atoms with E-state index >= 15 is 0 Å². The molecule has 1 N–H and O–H groups in total. The van der Waals surface area contributed by atoms with Crippen molar-refractivity contribution in [3.63, 3.8) is 0 Å². The molecule has 52 valence electrons. The summed E-state index contributed by atoms with van der Waals surface area (Å²) in [7, 11) is 5.51. The second-order valence-electron chi connectivity index (χ2n) is 1.83. The molecule has 0 rings (SSSR count). The molecule has 0 amide bonds. The molecular formula is C6H12N2O. The number of allylic oxidation sites excluding steroid dienone is 1. The monoisotopic (exact) mass is 128 g/mol.